The number of aromatic nitrogens is 4. The molecule has 2 aromatic rings. The Bertz CT molecular complexity index is 764. The van der Waals surface area contributed by atoms with E-state index < -0.39 is 0 Å². The molecule has 0 spiro atoms. The maximum absolute atomic E-state index is 13.2. The number of likely N-dealkylation sites (tertiary alicyclic amines) is 1. The third-order valence-electron chi connectivity index (χ3n) is 5.47. The number of hydrogen-bond acceptors (Lipinski definition) is 4. The number of aryl methyl sites for hydroxylation is 3. The first-order valence-corrected chi connectivity index (χ1v) is 9.32. The lowest BCUT2D eigenvalue weighted by atomic mass is 10.1. The third kappa shape index (κ3) is 3.67. The molecular formula is C19H29N5O2. The summed E-state index contributed by atoms with van der Waals surface area (Å²) in [5.41, 5.74) is 2.96. The second-order valence-electron chi connectivity index (χ2n) is 7.12. The SMILES string of the molecule is COCCn1c(C)cc(C(=O)N2CCCC2CCc2nncn2C)c1C. The predicted molar refractivity (Wildman–Crippen MR) is 99.2 cm³/mol. The maximum Gasteiger partial charge on any atom is 0.255 e. The van der Waals surface area contributed by atoms with Crippen molar-refractivity contribution >= 4 is 5.91 Å². The van der Waals surface area contributed by atoms with Gasteiger partial charge in [-0.25, -0.2) is 0 Å². The molecule has 1 aliphatic rings. The summed E-state index contributed by atoms with van der Waals surface area (Å²) in [6.07, 6.45) is 5.63. The van der Waals surface area contributed by atoms with Gasteiger partial charge in [0.15, 0.2) is 0 Å². The van der Waals surface area contributed by atoms with Gasteiger partial charge in [-0.15, -0.1) is 10.2 Å². The van der Waals surface area contributed by atoms with E-state index in [1.807, 2.05) is 24.6 Å². The van der Waals surface area contributed by atoms with Crippen molar-refractivity contribution in [3.8, 4) is 0 Å². The number of hydrogen-bond donors (Lipinski definition) is 0. The minimum absolute atomic E-state index is 0.155. The molecule has 0 N–H and O–H groups in total. The quantitative estimate of drug-likeness (QED) is 0.759. The van der Waals surface area contributed by atoms with Gasteiger partial charge in [0.1, 0.15) is 12.2 Å². The lowest BCUT2D eigenvalue weighted by molar-refractivity contribution is 0.0729. The summed E-state index contributed by atoms with van der Waals surface area (Å²) >= 11 is 0. The Morgan fingerprint density at radius 2 is 2.19 bits per heavy atom. The monoisotopic (exact) mass is 359 g/mol. The van der Waals surface area contributed by atoms with Crippen molar-refractivity contribution in [1.82, 2.24) is 24.2 Å². The molecule has 1 aliphatic heterocycles. The van der Waals surface area contributed by atoms with Crippen molar-refractivity contribution in [2.45, 2.75) is 52.1 Å². The van der Waals surface area contributed by atoms with E-state index in [1.54, 1.807) is 13.4 Å². The highest BCUT2D eigenvalue weighted by Crippen LogP contribution is 2.26. The van der Waals surface area contributed by atoms with Gasteiger partial charge in [0.05, 0.1) is 12.2 Å². The van der Waals surface area contributed by atoms with E-state index in [0.29, 0.717) is 6.61 Å². The fourth-order valence-electron chi connectivity index (χ4n) is 3.93. The average Bonchev–Trinajstić information content (AvgIpc) is 3.31. The molecule has 0 radical (unpaired) electrons. The minimum atomic E-state index is 0.155. The van der Waals surface area contributed by atoms with Gasteiger partial charge >= 0.3 is 0 Å². The van der Waals surface area contributed by atoms with Gasteiger partial charge in [0.2, 0.25) is 0 Å². The van der Waals surface area contributed by atoms with E-state index in [4.69, 9.17) is 4.74 Å². The van der Waals surface area contributed by atoms with Gasteiger partial charge in [-0.05, 0) is 39.2 Å². The molecule has 0 aromatic carbocycles. The normalized spacial score (nSPS) is 17.2. The van der Waals surface area contributed by atoms with Crippen molar-refractivity contribution in [3.05, 3.63) is 35.2 Å². The van der Waals surface area contributed by atoms with Crippen LogP contribution in [-0.4, -0.2) is 56.4 Å². The molecule has 3 rings (SSSR count). The van der Waals surface area contributed by atoms with Gasteiger partial charge in [0.25, 0.3) is 5.91 Å². The first-order valence-electron chi connectivity index (χ1n) is 9.32. The zero-order valence-electron chi connectivity index (χ0n) is 16.2. The maximum atomic E-state index is 13.2. The number of ether oxygens (including phenoxy) is 1. The Morgan fingerprint density at radius 3 is 2.88 bits per heavy atom. The summed E-state index contributed by atoms with van der Waals surface area (Å²) < 4.78 is 9.31. The molecule has 1 saturated heterocycles. The number of carbonyl (C=O) groups is 1. The number of amides is 1. The Morgan fingerprint density at radius 1 is 1.38 bits per heavy atom. The molecule has 1 atom stereocenters. The summed E-state index contributed by atoms with van der Waals surface area (Å²) in [6, 6.07) is 2.30. The van der Waals surface area contributed by atoms with Crippen LogP contribution in [0.25, 0.3) is 0 Å². The summed E-state index contributed by atoms with van der Waals surface area (Å²) in [5, 5.41) is 8.09. The van der Waals surface area contributed by atoms with Crippen LogP contribution < -0.4 is 0 Å². The molecule has 1 unspecified atom stereocenters. The molecule has 0 bridgehead atoms. The summed E-state index contributed by atoms with van der Waals surface area (Å²) in [5.74, 6) is 1.13. The van der Waals surface area contributed by atoms with Crippen LogP contribution in [0.4, 0.5) is 0 Å². The standard InChI is InChI=1S/C19H29N5O2/c1-14-12-17(15(2)23(14)10-11-26-4)19(25)24-9-5-6-16(24)7-8-18-21-20-13-22(18)3/h12-13,16H,5-11H2,1-4H3. The van der Waals surface area contributed by atoms with Gasteiger partial charge in [-0.1, -0.05) is 0 Å². The average molecular weight is 359 g/mol. The second kappa shape index (κ2) is 8.03. The van der Waals surface area contributed by atoms with Crippen LogP contribution in [-0.2, 0) is 24.8 Å². The highest BCUT2D eigenvalue weighted by molar-refractivity contribution is 5.96. The zero-order valence-corrected chi connectivity index (χ0v) is 16.2. The van der Waals surface area contributed by atoms with Crippen molar-refractivity contribution in [3.63, 3.8) is 0 Å². The molecule has 0 aliphatic carbocycles. The summed E-state index contributed by atoms with van der Waals surface area (Å²) in [6.45, 7) is 6.34. The fraction of sp³-hybridized carbons (Fsp3) is 0.632. The van der Waals surface area contributed by atoms with Crippen molar-refractivity contribution in [1.29, 1.82) is 0 Å². The molecule has 1 fully saturated rings. The molecule has 26 heavy (non-hydrogen) atoms. The number of methoxy groups -OCH3 is 1. The third-order valence-corrected chi connectivity index (χ3v) is 5.47. The Hall–Kier alpha value is -2.15. The van der Waals surface area contributed by atoms with Crippen molar-refractivity contribution < 1.29 is 9.53 Å². The van der Waals surface area contributed by atoms with E-state index in [9.17, 15) is 4.79 Å². The van der Waals surface area contributed by atoms with Crippen LogP contribution in [0, 0.1) is 13.8 Å². The van der Waals surface area contributed by atoms with Crippen LogP contribution in [0.15, 0.2) is 12.4 Å². The molecule has 7 heteroatoms. The van der Waals surface area contributed by atoms with Crippen LogP contribution in [0.5, 0.6) is 0 Å². The number of carbonyl (C=O) groups excluding carboxylic acids is 1. The van der Waals surface area contributed by atoms with Gasteiger partial charge in [-0.3, -0.25) is 4.79 Å². The molecule has 142 valence electrons. The smallest absolute Gasteiger partial charge is 0.255 e. The van der Waals surface area contributed by atoms with Crippen LogP contribution in [0.1, 0.15) is 46.8 Å². The first-order chi connectivity index (χ1) is 12.5. The van der Waals surface area contributed by atoms with Crippen LogP contribution in [0.2, 0.25) is 0 Å². The van der Waals surface area contributed by atoms with Gasteiger partial charge in [-0.2, -0.15) is 0 Å². The second-order valence-corrected chi connectivity index (χ2v) is 7.12. The largest absolute Gasteiger partial charge is 0.383 e. The van der Waals surface area contributed by atoms with Gasteiger partial charge in [0, 0.05) is 51.1 Å². The number of nitrogens with zero attached hydrogens (tertiary/aromatic N) is 5. The summed E-state index contributed by atoms with van der Waals surface area (Å²) in [4.78, 5) is 15.2. The lowest BCUT2D eigenvalue weighted by Crippen LogP contribution is -2.36. The summed E-state index contributed by atoms with van der Waals surface area (Å²) in [7, 11) is 3.66. The Balaban J connectivity index is 1.71. The highest BCUT2D eigenvalue weighted by Gasteiger charge is 2.31. The fourth-order valence-corrected chi connectivity index (χ4v) is 3.93. The minimum Gasteiger partial charge on any atom is -0.383 e. The van der Waals surface area contributed by atoms with E-state index in [0.717, 1.165) is 61.5 Å². The molecule has 0 saturated carbocycles. The molecule has 1 amide bonds. The number of rotatable bonds is 7. The topological polar surface area (TPSA) is 65.2 Å². The van der Waals surface area contributed by atoms with Crippen LogP contribution in [0.3, 0.4) is 0 Å². The van der Waals surface area contributed by atoms with Gasteiger partial charge < -0.3 is 18.8 Å². The highest BCUT2D eigenvalue weighted by atomic mass is 16.5. The Kier molecular flexibility index (Phi) is 5.76. The molecular weight excluding hydrogens is 330 g/mol. The molecule has 3 heterocycles. The van der Waals surface area contributed by atoms with E-state index in [-0.39, 0.29) is 11.9 Å². The molecule has 7 nitrogen and oxygen atoms in total. The van der Waals surface area contributed by atoms with Crippen LogP contribution >= 0.6 is 0 Å². The zero-order chi connectivity index (χ0) is 18.7. The lowest BCUT2D eigenvalue weighted by Gasteiger charge is -2.25. The van der Waals surface area contributed by atoms with E-state index >= 15 is 0 Å². The Labute approximate surface area is 155 Å². The van der Waals surface area contributed by atoms with E-state index in [2.05, 4.69) is 26.6 Å². The predicted octanol–water partition coefficient (Wildman–Crippen LogP) is 2.12. The first kappa shape index (κ1) is 18.6. The van der Waals surface area contributed by atoms with Crippen molar-refractivity contribution in [2.24, 2.45) is 7.05 Å². The molecule has 2 aromatic heterocycles. The van der Waals surface area contributed by atoms with E-state index in [1.165, 1.54) is 0 Å². The van der Waals surface area contributed by atoms with Crippen molar-refractivity contribution in [2.75, 3.05) is 20.3 Å².